The molecule has 3 nitrogen and oxygen atoms in total. The Hall–Kier alpha value is -1.87. The molecular formula is C18H25N3. The van der Waals surface area contributed by atoms with Crippen molar-refractivity contribution in [1.29, 1.82) is 0 Å². The largest absolute Gasteiger partial charge is 0.374 e. The smallest absolute Gasteiger partial charge is 0.0396 e. The third-order valence-electron chi connectivity index (χ3n) is 3.89. The normalized spacial score (nSPS) is 12.1. The highest BCUT2D eigenvalue weighted by atomic mass is 15.1. The van der Waals surface area contributed by atoms with Crippen molar-refractivity contribution in [3.8, 4) is 0 Å². The van der Waals surface area contributed by atoms with Gasteiger partial charge in [0, 0.05) is 37.7 Å². The summed E-state index contributed by atoms with van der Waals surface area (Å²) in [4.78, 5) is 6.38. The number of rotatable bonds is 7. The van der Waals surface area contributed by atoms with Crippen LogP contribution in [-0.2, 0) is 12.8 Å². The first kappa shape index (κ1) is 15.5. The lowest BCUT2D eigenvalue weighted by atomic mass is 10.0. The highest BCUT2D eigenvalue weighted by Gasteiger charge is 2.09. The first-order valence-electron chi connectivity index (χ1n) is 7.64. The van der Waals surface area contributed by atoms with Crippen molar-refractivity contribution in [2.75, 3.05) is 18.5 Å². The average molecular weight is 283 g/mol. The molecule has 1 aromatic carbocycles. The van der Waals surface area contributed by atoms with Crippen LogP contribution in [0, 0.1) is 0 Å². The fraction of sp³-hybridized carbons (Fsp3) is 0.389. The van der Waals surface area contributed by atoms with Gasteiger partial charge in [0.25, 0.3) is 0 Å². The third kappa shape index (κ3) is 4.57. The van der Waals surface area contributed by atoms with Crippen molar-refractivity contribution in [2.24, 2.45) is 5.73 Å². The molecular weight excluding hydrogens is 258 g/mol. The van der Waals surface area contributed by atoms with E-state index in [1.165, 1.54) is 16.8 Å². The minimum atomic E-state index is 0.236. The molecule has 0 radical (unpaired) electrons. The highest BCUT2D eigenvalue weighted by molar-refractivity contribution is 5.53. The Morgan fingerprint density at radius 2 is 1.86 bits per heavy atom. The van der Waals surface area contributed by atoms with Gasteiger partial charge in [-0.3, -0.25) is 4.98 Å². The summed E-state index contributed by atoms with van der Waals surface area (Å²) in [6.07, 6.45) is 6.67. The standard InChI is InChI=1S/C18H25N3/c1-3-17(19)14-16-6-4-5-7-18(16)21(2)13-10-15-8-11-20-12-9-15/h4-9,11-12,17H,3,10,13-14,19H2,1-2H3. The Labute approximate surface area is 127 Å². The van der Waals surface area contributed by atoms with Crippen LogP contribution >= 0.6 is 0 Å². The van der Waals surface area contributed by atoms with Crippen molar-refractivity contribution in [1.82, 2.24) is 4.98 Å². The minimum absolute atomic E-state index is 0.236. The molecule has 0 spiro atoms. The van der Waals surface area contributed by atoms with Crippen LogP contribution < -0.4 is 10.6 Å². The van der Waals surface area contributed by atoms with Crippen LogP contribution in [0.3, 0.4) is 0 Å². The number of pyridine rings is 1. The maximum atomic E-state index is 6.11. The zero-order valence-electron chi connectivity index (χ0n) is 13.0. The molecule has 2 N–H and O–H groups in total. The SMILES string of the molecule is CCC(N)Cc1ccccc1N(C)CCc1ccncc1. The number of hydrogen-bond acceptors (Lipinski definition) is 3. The Morgan fingerprint density at radius 3 is 2.57 bits per heavy atom. The lowest BCUT2D eigenvalue weighted by molar-refractivity contribution is 0.645. The van der Waals surface area contributed by atoms with Gasteiger partial charge in [-0.25, -0.2) is 0 Å². The number of para-hydroxylation sites is 1. The molecule has 1 heterocycles. The van der Waals surface area contributed by atoms with Crippen molar-refractivity contribution in [3.63, 3.8) is 0 Å². The molecule has 1 unspecified atom stereocenters. The van der Waals surface area contributed by atoms with Crippen molar-refractivity contribution >= 4 is 5.69 Å². The molecule has 2 rings (SSSR count). The summed E-state index contributed by atoms with van der Waals surface area (Å²) in [5.41, 5.74) is 10.1. The third-order valence-corrected chi connectivity index (χ3v) is 3.89. The molecule has 0 aliphatic carbocycles. The molecule has 0 fully saturated rings. The maximum Gasteiger partial charge on any atom is 0.0396 e. The molecule has 112 valence electrons. The van der Waals surface area contributed by atoms with Gasteiger partial charge in [0.05, 0.1) is 0 Å². The van der Waals surface area contributed by atoms with Crippen LogP contribution in [-0.4, -0.2) is 24.6 Å². The van der Waals surface area contributed by atoms with E-state index in [4.69, 9.17) is 5.73 Å². The zero-order valence-corrected chi connectivity index (χ0v) is 13.0. The van der Waals surface area contributed by atoms with Gasteiger partial charge in [-0.2, -0.15) is 0 Å². The van der Waals surface area contributed by atoms with Gasteiger partial charge in [-0.05, 0) is 48.6 Å². The minimum Gasteiger partial charge on any atom is -0.374 e. The number of aromatic nitrogens is 1. The first-order valence-corrected chi connectivity index (χ1v) is 7.64. The van der Waals surface area contributed by atoms with E-state index < -0.39 is 0 Å². The van der Waals surface area contributed by atoms with Crippen LogP contribution in [0.2, 0.25) is 0 Å². The van der Waals surface area contributed by atoms with Gasteiger partial charge in [0.2, 0.25) is 0 Å². The topological polar surface area (TPSA) is 42.1 Å². The van der Waals surface area contributed by atoms with E-state index in [1.807, 2.05) is 12.4 Å². The molecule has 1 aromatic heterocycles. The molecule has 0 amide bonds. The fourth-order valence-electron chi connectivity index (χ4n) is 2.45. The van der Waals surface area contributed by atoms with Gasteiger partial charge in [-0.15, -0.1) is 0 Å². The Kier molecular flexibility index (Phi) is 5.76. The van der Waals surface area contributed by atoms with Crippen LogP contribution in [0.4, 0.5) is 5.69 Å². The van der Waals surface area contributed by atoms with Gasteiger partial charge >= 0.3 is 0 Å². The molecule has 3 heteroatoms. The van der Waals surface area contributed by atoms with Gasteiger partial charge in [0.1, 0.15) is 0 Å². The van der Waals surface area contributed by atoms with Gasteiger partial charge in [-0.1, -0.05) is 25.1 Å². The summed E-state index contributed by atoms with van der Waals surface area (Å²) in [6.45, 7) is 3.13. The Balaban J connectivity index is 2.03. The Morgan fingerprint density at radius 1 is 1.14 bits per heavy atom. The monoisotopic (exact) mass is 283 g/mol. The summed E-state index contributed by atoms with van der Waals surface area (Å²) >= 11 is 0. The second-order valence-corrected chi connectivity index (χ2v) is 5.53. The molecule has 1 atom stereocenters. The van der Waals surface area contributed by atoms with Gasteiger partial charge < -0.3 is 10.6 Å². The number of nitrogens with two attached hydrogens (primary N) is 1. The number of anilines is 1. The van der Waals surface area contributed by atoms with E-state index in [1.54, 1.807) is 0 Å². The quantitative estimate of drug-likeness (QED) is 0.849. The number of nitrogens with zero attached hydrogens (tertiary/aromatic N) is 2. The van der Waals surface area contributed by atoms with E-state index in [9.17, 15) is 0 Å². The molecule has 21 heavy (non-hydrogen) atoms. The average Bonchev–Trinajstić information content (AvgIpc) is 2.54. The summed E-state index contributed by atoms with van der Waals surface area (Å²) in [5, 5.41) is 0. The maximum absolute atomic E-state index is 6.11. The van der Waals surface area contributed by atoms with E-state index in [0.717, 1.165) is 25.8 Å². The second-order valence-electron chi connectivity index (χ2n) is 5.53. The van der Waals surface area contributed by atoms with Crippen LogP contribution in [0.5, 0.6) is 0 Å². The summed E-state index contributed by atoms with van der Waals surface area (Å²) in [5.74, 6) is 0. The summed E-state index contributed by atoms with van der Waals surface area (Å²) in [7, 11) is 2.15. The lowest BCUT2D eigenvalue weighted by Gasteiger charge is -2.23. The van der Waals surface area contributed by atoms with Crippen molar-refractivity contribution in [3.05, 3.63) is 59.9 Å². The predicted molar refractivity (Wildman–Crippen MR) is 89.6 cm³/mol. The second kappa shape index (κ2) is 7.79. The molecule has 0 bridgehead atoms. The first-order chi connectivity index (χ1) is 10.2. The van der Waals surface area contributed by atoms with E-state index in [2.05, 4.69) is 60.3 Å². The zero-order chi connectivity index (χ0) is 15.1. The van der Waals surface area contributed by atoms with E-state index in [0.29, 0.717) is 0 Å². The van der Waals surface area contributed by atoms with Crippen LogP contribution in [0.1, 0.15) is 24.5 Å². The molecule has 2 aromatic rings. The fourth-order valence-corrected chi connectivity index (χ4v) is 2.45. The van der Waals surface area contributed by atoms with E-state index in [-0.39, 0.29) is 6.04 Å². The van der Waals surface area contributed by atoms with Crippen molar-refractivity contribution < 1.29 is 0 Å². The number of benzene rings is 1. The lowest BCUT2D eigenvalue weighted by Crippen LogP contribution is -2.25. The summed E-state index contributed by atoms with van der Waals surface area (Å²) in [6, 6.07) is 13.0. The summed E-state index contributed by atoms with van der Waals surface area (Å²) < 4.78 is 0. The number of likely N-dealkylation sites (N-methyl/N-ethyl adjacent to an activating group) is 1. The van der Waals surface area contributed by atoms with Crippen LogP contribution in [0.15, 0.2) is 48.8 Å². The van der Waals surface area contributed by atoms with Crippen LogP contribution in [0.25, 0.3) is 0 Å². The predicted octanol–water partition coefficient (Wildman–Crippen LogP) is 3.04. The Bertz CT molecular complexity index is 539. The molecule has 0 saturated heterocycles. The molecule has 0 saturated carbocycles. The highest BCUT2D eigenvalue weighted by Crippen LogP contribution is 2.21. The van der Waals surface area contributed by atoms with E-state index >= 15 is 0 Å². The molecule has 0 aliphatic heterocycles. The molecule has 0 aliphatic rings. The van der Waals surface area contributed by atoms with Gasteiger partial charge in [0.15, 0.2) is 0 Å². The van der Waals surface area contributed by atoms with Crippen molar-refractivity contribution in [2.45, 2.75) is 32.2 Å². The number of hydrogen-bond donors (Lipinski definition) is 1.